The molecule has 10 nitrogen and oxygen atoms in total. The number of rotatable bonds is 8. The predicted molar refractivity (Wildman–Crippen MR) is 149 cm³/mol. The first-order valence-electron chi connectivity index (χ1n) is 12.8. The van der Waals surface area contributed by atoms with Gasteiger partial charge in [0.15, 0.2) is 5.69 Å². The highest BCUT2D eigenvalue weighted by Crippen LogP contribution is 2.36. The molecule has 4 aromatic rings. The van der Waals surface area contributed by atoms with Crippen molar-refractivity contribution in [2.75, 3.05) is 79.5 Å². The second kappa shape index (κ2) is 10.8. The predicted octanol–water partition coefficient (Wildman–Crippen LogP) is 3.28. The molecular weight excluding hydrogens is 482 g/mol. The third kappa shape index (κ3) is 5.23. The fourth-order valence-electron chi connectivity index (χ4n) is 4.65. The van der Waals surface area contributed by atoms with Gasteiger partial charge in [-0.2, -0.15) is 0 Å². The second-order valence-electron chi connectivity index (χ2n) is 10.1. The van der Waals surface area contributed by atoms with E-state index in [0.717, 1.165) is 71.9 Å². The van der Waals surface area contributed by atoms with Gasteiger partial charge < -0.3 is 33.7 Å². The lowest BCUT2D eigenvalue weighted by atomic mass is 10.0. The standard InChI is InChI=1S/C28H35N7O3/c1-32(2)8-11-34(4)28(36)23-18-38-27(31-23)22-17-30-26-21(22)14-20(16-29-26)19-6-7-24(25(15-19)37-5)35-12-9-33(3)10-13-35/h6-7,14-18H,8-13H2,1-5H3,(H,29,30). The summed E-state index contributed by atoms with van der Waals surface area (Å²) in [7, 11) is 9.58. The number of pyridine rings is 1. The number of methoxy groups -OCH3 is 1. The van der Waals surface area contributed by atoms with E-state index in [1.807, 2.05) is 31.4 Å². The molecule has 0 unspecified atom stereocenters. The molecule has 1 aliphatic heterocycles. The Balaban J connectivity index is 1.41. The summed E-state index contributed by atoms with van der Waals surface area (Å²) in [6.07, 6.45) is 5.08. The number of fused-ring (bicyclic) bond motifs is 1. The number of benzene rings is 1. The van der Waals surface area contributed by atoms with Gasteiger partial charge in [-0.25, -0.2) is 9.97 Å². The SMILES string of the molecule is COc1cc(-c2cnc3[nH]cc(-c4nc(C(=O)N(C)CCN(C)C)co4)c3c2)ccc1N1CCN(C)CC1. The Morgan fingerprint density at radius 3 is 2.63 bits per heavy atom. The maximum atomic E-state index is 12.8. The summed E-state index contributed by atoms with van der Waals surface area (Å²) in [4.78, 5) is 33.5. The second-order valence-corrected chi connectivity index (χ2v) is 10.1. The highest BCUT2D eigenvalue weighted by molar-refractivity contribution is 5.96. The van der Waals surface area contributed by atoms with Crippen LogP contribution in [0, 0.1) is 0 Å². The summed E-state index contributed by atoms with van der Waals surface area (Å²) in [5.74, 6) is 1.05. The van der Waals surface area contributed by atoms with Gasteiger partial charge >= 0.3 is 0 Å². The number of aromatic amines is 1. The van der Waals surface area contributed by atoms with Crippen LogP contribution in [0.1, 0.15) is 10.5 Å². The minimum atomic E-state index is -0.173. The monoisotopic (exact) mass is 517 g/mol. The van der Waals surface area contributed by atoms with Crippen molar-refractivity contribution in [3.05, 3.63) is 48.6 Å². The molecular formula is C28H35N7O3. The Bertz CT molecular complexity index is 1420. The number of nitrogens with one attached hydrogen (secondary N) is 1. The van der Waals surface area contributed by atoms with Crippen LogP contribution >= 0.6 is 0 Å². The number of aromatic nitrogens is 3. The topological polar surface area (TPSA) is 94.0 Å². The van der Waals surface area contributed by atoms with Crippen molar-refractivity contribution >= 4 is 22.6 Å². The van der Waals surface area contributed by atoms with Crippen LogP contribution in [-0.2, 0) is 0 Å². The third-order valence-corrected chi connectivity index (χ3v) is 7.07. The molecule has 0 spiro atoms. The van der Waals surface area contributed by atoms with E-state index in [1.165, 1.54) is 6.26 Å². The van der Waals surface area contributed by atoms with E-state index in [4.69, 9.17) is 9.15 Å². The highest BCUT2D eigenvalue weighted by atomic mass is 16.5. The van der Waals surface area contributed by atoms with Gasteiger partial charge in [-0.05, 0) is 44.9 Å². The quantitative estimate of drug-likeness (QED) is 0.381. The Morgan fingerprint density at radius 2 is 1.89 bits per heavy atom. The van der Waals surface area contributed by atoms with E-state index in [0.29, 0.717) is 12.4 Å². The Labute approximate surface area is 222 Å². The molecule has 4 heterocycles. The lowest BCUT2D eigenvalue weighted by Crippen LogP contribution is -2.44. The zero-order valence-corrected chi connectivity index (χ0v) is 22.7. The zero-order valence-electron chi connectivity index (χ0n) is 22.7. The molecule has 0 saturated carbocycles. The van der Waals surface area contributed by atoms with Crippen molar-refractivity contribution in [3.63, 3.8) is 0 Å². The van der Waals surface area contributed by atoms with Crippen LogP contribution < -0.4 is 9.64 Å². The van der Waals surface area contributed by atoms with Gasteiger partial charge in [0.25, 0.3) is 5.91 Å². The maximum Gasteiger partial charge on any atom is 0.275 e. The number of ether oxygens (including phenoxy) is 1. The summed E-state index contributed by atoms with van der Waals surface area (Å²) in [5.41, 5.74) is 4.82. The van der Waals surface area contributed by atoms with Crippen LogP contribution in [0.15, 0.2) is 47.3 Å². The Kier molecular flexibility index (Phi) is 7.35. The fraction of sp³-hybridized carbons (Fsp3) is 0.393. The third-order valence-electron chi connectivity index (χ3n) is 7.07. The van der Waals surface area contributed by atoms with Crippen molar-refractivity contribution in [2.24, 2.45) is 0 Å². The zero-order chi connectivity index (χ0) is 26.8. The van der Waals surface area contributed by atoms with Crippen LogP contribution in [0.5, 0.6) is 5.75 Å². The van der Waals surface area contributed by atoms with Gasteiger partial charge in [0, 0.05) is 69.7 Å². The van der Waals surface area contributed by atoms with Crippen molar-refractivity contribution in [1.29, 1.82) is 0 Å². The normalized spacial score (nSPS) is 14.4. The van der Waals surface area contributed by atoms with E-state index in [1.54, 1.807) is 19.1 Å². The van der Waals surface area contributed by atoms with Crippen molar-refractivity contribution in [3.8, 4) is 28.3 Å². The Morgan fingerprint density at radius 1 is 1.11 bits per heavy atom. The number of piperazine rings is 1. The minimum Gasteiger partial charge on any atom is -0.495 e. The van der Waals surface area contributed by atoms with E-state index < -0.39 is 0 Å². The maximum absolute atomic E-state index is 12.8. The molecule has 0 aliphatic carbocycles. The Hall–Kier alpha value is -3.89. The summed E-state index contributed by atoms with van der Waals surface area (Å²) < 4.78 is 11.5. The molecule has 1 aromatic carbocycles. The molecule has 5 rings (SSSR count). The molecule has 0 radical (unpaired) electrons. The van der Waals surface area contributed by atoms with Crippen molar-refractivity contribution in [1.82, 2.24) is 29.7 Å². The summed E-state index contributed by atoms with van der Waals surface area (Å²) in [6.45, 7) is 5.37. The van der Waals surface area contributed by atoms with Gasteiger partial charge in [0.1, 0.15) is 17.7 Å². The molecule has 200 valence electrons. The number of carbonyl (C=O) groups is 1. The number of amides is 1. The van der Waals surface area contributed by atoms with E-state index in [-0.39, 0.29) is 11.6 Å². The lowest BCUT2D eigenvalue weighted by Gasteiger charge is -2.34. The van der Waals surface area contributed by atoms with E-state index in [2.05, 4.69) is 56.1 Å². The van der Waals surface area contributed by atoms with Gasteiger partial charge in [-0.3, -0.25) is 4.79 Å². The summed E-state index contributed by atoms with van der Waals surface area (Å²) in [5, 5.41) is 0.867. The summed E-state index contributed by atoms with van der Waals surface area (Å²) in [6, 6.07) is 8.36. The highest BCUT2D eigenvalue weighted by Gasteiger charge is 2.21. The number of carbonyl (C=O) groups excluding carboxylic acids is 1. The lowest BCUT2D eigenvalue weighted by molar-refractivity contribution is 0.0780. The van der Waals surface area contributed by atoms with E-state index >= 15 is 0 Å². The average molecular weight is 518 g/mol. The fourth-order valence-corrected chi connectivity index (χ4v) is 4.65. The minimum absolute atomic E-state index is 0.173. The molecule has 1 aliphatic rings. The molecule has 1 N–H and O–H groups in total. The van der Waals surface area contributed by atoms with Gasteiger partial charge in [-0.15, -0.1) is 0 Å². The molecule has 38 heavy (non-hydrogen) atoms. The average Bonchev–Trinajstić information content (AvgIpc) is 3.58. The van der Waals surface area contributed by atoms with Crippen LogP contribution in [0.3, 0.4) is 0 Å². The number of hydrogen-bond donors (Lipinski definition) is 1. The van der Waals surface area contributed by atoms with Gasteiger partial charge in [0.2, 0.25) is 5.89 Å². The molecule has 0 bridgehead atoms. The number of nitrogens with zero attached hydrogens (tertiary/aromatic N) is 6. The number of H-pyrrole nitrogens is 1. The van der Waals surface area contributed by atoms with Gasteiger partial charge in [0.05, 0.1) is 18.4 Å². The van der Waals surface area contributed by atoms with E-state index in [9.17, 15) is 4.79 Å². The van der Waals surface area contributed by atoms with Crippen molar-refractivity contribution < 1.29 is 13.9 Å². The molecule has 0 atom stereocenters. The molecule has 3 aromatic heterocycles. The molecule has 10 heteroatoms. The first-order valence-corrected chi connectivity index (χ1v) is 12.8. The van der Waals surface area contributed by atoms with Crippen LogP contribution in [0.4, 0.5) is 5.69 Å². The number of likely N-dealkylation sites (N-methyl/N-ethyl adjacent to an activating group) is 3. The van der Waals surface area contributed by atoms with Crippen LogP contribution in [0.2, 0.25) is 0 Å². The first-order chi connectivity index (χ1) is 18.3. The summed E-state index contributed by atoms with van der Waals surface area (Å²) >= 11 is 0. The smallest absolute Gasteiger partial charge is 0.275 e. The molecule has 1 amide bonds. The first kappa shape index (κ1) is 25.7. The molecule has 1 fully saturated rings. The van der Waals surface area contributed by atoms with Crippen LogP contribution in [0.25, 0.3) is 33.6 Å². The largest absolute Gasteiger partial charge is 0.495 e. The molecule has 1 saturated heterocycles. The van der Waals surface area contributed by atoms with Crippen LogP contribution in [-0.4, -0.2) is 110 Å². The van der Waals surface area contributed by atoms with Crippen molar-refractivity contribution in [2.45, 2.75) is 0 Å². The number of anilines is 1. The number of oxazole rings is 1. The number of hydrogen-bond acceptors (Lipinski definition) is 8. The van der Waals surface area contributed by atoms with Gasteiger partial charge in [-0.1, -0.05) is 6.07 Å².